The van der Waals surface area contributed by atoms with Gasteiger partial charge in [-0.05, 0) is 84.9 Å². The van der Waals surface area contributed by atoms with Gasteiger partial charge in [-0.3, -0.25) is 4.79 Å². The van der Waals surface area contributed by atoms with E-state index in [1.807, 2.05) is 12.1 Å². The number of benzene rings is 2. The van der Waals surface area contributed by atoms with Crippen LogP contribution in [0, 0.1) is 18.8 Å². The Labute approximate surface area is 193 Å². The van der Waals surface area contributed by atoms with Crippen molar-refractivity contribution < 1.29 is 4.79 Å². The van der Waals surface area contributed by atoms with Crippen molar-refractivity contribution in [3.05, 3.63) is 93.7 Å². The quantitative estimate of drug-likeness (QED) is 0.547. The summed E-state index contributed by atoms with van der Waals surface area (Å²) >= 11 is 0. The molecule has 3 aliphatic carbocycles. The van der Waals surface area contributed by atoms with Crippen molar-refractivity contribution in [2.45, 2.75) is 72.1 Å². The molecule has 2 nitrogen and oxygen atoms in total. The summed E-state index contributed by atoms with van der Waals surface area (Å²) in [5.74, 6) is 0.952. The Morgan fingerprint density at radius 3 is 2.25 bits per heavy atom. The van der Waals surface area contributed by atoms with Crippen LogP contribution in [0.5, 0.6) is 0 Å². The van der Waals surface area contributed by atoms with Gasteiger partial charge in [-0.1, -0.05) is 76.1 Å². The second kappa shape index (κ2) is 9.10. The van der Waals surface area contributed by atoms with Crippen LogP contribution in [0.15, 0.2) is 60.3 Å². The summed E-state index contributed by atoms with van der Waals surface area (Å²) in [6.07, 6.45) is 12.2. The molecule has 0 bridgehead atoms. The van der Waals surface area contributed by atoms with Crippen molar-refractivity contribution in [3.8, 4) is 0 Å². The molecule has 0 aromatic heterocycles. The van der Waals surface area contributed by atoms with Crippen LogP contribution >= 0.6 is 0 Å². The zero-order valence-electron chi connectivity index (χ0n) is 20.3. The van der Waals surface area contributed by atoms with Gasteiger partial charge >= 0.3 is 0 Å². The Morgan fingerprint density at radius 2 is 1.59 bits per heavy atom. The van der Waals surface area contributed by atoms with Crippen molar-refractivity contribution in [1.29, 1.82) is 0 Å². The highest BCUT2D eigenvalue weighted by molar-refractivity contribution is 5.96. The molecular formula is C30H37NO. The van der Waals surface area contributed by atoms with Crippen LogP contribution in [-0.2, 0) is 18.3 Å². The van der Waals surface area contributed by atoms with Gasteiger partial charge in [0, 0.05) is 16.7 Å². The average Bonchev–Trinajstić information content (AvgIpc) is 3.33. The number of fused-ring (bicyclic) bond motifs is 4. The molecule has 32 heavy (non-hydrogen) atoms. The predicted octanol–water partition coefficient (Wildman–Crippen LogP) is 7.05. The van der Waals surface area contributed by atoms with Gasteiger partial charge in [-0.15, -0.1) is 0 Å². The minimum atomic E-state index is -0.00466. The van der Waals surface area contributed by atoms with Crippen LogP contribution < -0.4 is 5.32 Å². The van der Waals surface area contributed by atoms with Gasteiger partial charge in [-0.2, -0.15) is 0 Å². The van der Waals surface area contributed by atoms with Crippen LogP contribution in [0.4, 0.5) is 0 Å². The number of carbonyl (C=O) groups excluding carboxylic acids is 1. The van der Waals surface area contributed by atoms with E-state index < -0.39 is 0 Å². The summed E-state index contributed by atoms with van der Waals surface area (Å²) in [6, 6.07) is 13.3. The monoisotopic (exact) mass is 427 g/mol. The molecule has 2 heteroatoms. The lowest BCUT2D eigenvalue weighted by Crippen LogP contribution is -2.26. The Morgan fingerprint density at radius 1 is 0.969 bits per heavy atom. The lowest BCUT2D eigenvalue weighted by atomic mass is 9.76. The number of hydrogen-bond acceptors (Lipinski definition) is 1. The summed E-state index contributed by atoms with van der Waals surface area (Å²) in [7, 11) is 0. The number of aryl methyl sites for hydroxylation is 3. The maximum absolute atomic E-state index is 13.0. The topological polar surface area (TPSA) is 29.1 Å². The molecule has 5 rings (SSSR count). The predicted molar refractivity (Wildman–Crippen MR) is 134 cm³/mol. The molecule has 0 aliphatic heterocycles. The van der Waals surface area contributed by atoms with E-state index in [2.05, 4.69) is 82.4 Å². The normalized spacial score (nSPS) is 25.0. The lowest BCUT2D eigenvalue weighted by molar-refractivity contribution is 0.0966. The summed E-state index contributed by atoms with van der Waals surface area (Å²) in [6.45, 7) is 10.8. The summed E-state index contributed by atoms with van der Waals surface area (Å²) in [5, 5.41) is 3.12. The number of amides is 1. The number of allylic oxidation sites excluding steroid dienone is 3. The summed E-state index contributed by atoms with van der Waals surface area (Å²) in [5.41, 5.74) is 8.88. The van der Waals surface area contributed by atoms with Crippen LogP contribution in [0.1, 0.15) is 85.1 Å². The van der Waals surface area contributed by atoms with Crippen molar-refractivity contribution in [3.63, 3.8) is 0 Å². The van der Waals surface area contributed by atoms with Gasteiger partial charge in [0.1, 0.15) is 0 Å². The third kappa shape index (κ3) is 4.08. The van der Waals surface area contributed by atoms with E-state index in [-0.39, 0.29) is 11.3 Å². The summed E-state index contributed by atoms with van der Waals surface area (Å²) in [4.78, 5) is 13.0. The molecule has 0 fully saturated rings. The van der Waals surface area contributed by atoms with Crippen LogP contribution in [-0.4, -0.2) is 5.91 Å². The lowest BCUT2D eigenvalue weighted by Gasteiger charge is -2.27. The standard InChI is InChI=1S/C27H29NO.C3H8/c1-17-4-6-20-10-12-27(24(20)14-17)13-11-21-7-8-22(16-25(21)27)26(29)28-23-9-5-18(2)19(3)15-23;1-3-2/h4-9,14-16,18-19H,10-13H2,1-3H3,(H,28,29);3H2,1-2H3. The molecule has 2 aromatic carbocycles. The van der Waals surface area contributed by atoms with Crippen LogP contribution in [0.2, 0.25) is 0 Å². The van der Waals surface area contributed by atoms with Gasteiger partial charge in [-0.25, -0.2) is 0 Å². The number of carbonyl (C=O) groups is 1. The minimum absolute atomic E-state index is 0.00466. The Balaban J connectivity index is 0.000000775. The fraction of sp³-hybridized carbons (Fsp3) is 0.433. The zero-order chi connectivity index (χ0) is 22.9. The first kappa shape index (κ1) is 22.6. The molecule has 2 aromatic rings. The molecule has 1 spiro atoms. The van der Waals surface area contributed by atoms with Crippen molar-refractivity contribution in [1.82, 2.24) is 5.32 Å². The maximum atomic E-state index is 13.0. The largest absolute Gasteiger partial charge is 0.322 e. The molecule has 168 valence electrons. The van der Waals surface area contributed by atoms with E-state index in [0.29, 0.717) is 11.8 Å². The van der Waals surface area contributed by atoms with Gasteiger partial charge < -0.3 is 5.32 Å². The number of nitrogens with one attached hydrogen (secondary N) is 1. The maximum Gasteiger partial charge on any atom is 0.255 e. The highest BCUT2D eigenvalue weighted by Gasteiger charge is 2.44. The van der Waals surface area contributed by atoms with Crippen molar-refractivity contribution >= 4 is 5.91 Å². The SMILES string of the molecule is CCC.Cc1ccc2c(c1)C1(CC2)CCc2ccc(C(=O)NC3=CC(C)C(C)C=C3)cc21. The van der Waals surface area contributed by atoms with E-state index in [4.69, 9.17) is 0 Å². The van der Waals surface area contributed by atoms with E-state index >= 15 is 0 Å². The van der Waals surface area contributed by atoms with Gasteiger partial charge in [0.05, 0.1) is 0 Å². The van der Waals surface area contributed by atoms with E-state index in [9.17, 15) is 4.79 Å². The molecule has 0 saturated heterocycles. The average molecular weight is 428 g/mol. The smallest absolute Gasteiger partial charge is 0.255 e. The Bertz CT molecular complexity index is 1070. The number of hydrogen-bond donors (Lipinski definition) is 1. The third-order valence-electron chi connectivity index (χ3n) is 7.42. The van der Waals surface area contributed by atoms with E-state index in [0.717, 1.165) is 36.9 Å². The molecule has 3 atom stereocenters. The Hall–Kier alpha value is -2.61. The van der Waals surface area contributed by atoms with Gasteiger partial charge in [0.15, 0.2) is 0 Å². The molecule has 0 radical (unpaired) electrons. The van der Waals surface area contributed by atoms with Gasteiger partial charge in [0.25, 0.3) is 5.91 Å². The minimum Gasteiger partial charge on any atom is -0.322 e. The zero-order valence-corrected chi connectivity index (χ0v) is 20.3. The highest BCUT2D eigenvalue weighted by Crippen LogP contribution is 2.52. The fourth-order valence-electron chi connectivity index (χ4n) is 5.45. The van der Waals surface area contributed by atoms with Gasteiger partial charge in [0.2, 0.25) is 0 Å². The van der Waals surface area contributed by atoms with Crippen molar-refractivity contribution in [2.75, 3.05) is 0 Å². The van der Waals surface area contributed by atoms with Crippen LogP contribution in [0.25, 0.3) is 0 Å². The number of rotatable bonds is 2. The third-order valence-corrected chi connectivity index (χ3v) is 7.42. The van der Waals surface area contributed by atoms with E-state index in [1.54, 1.807) is 0 Å². The van der Waals surface area contributed by atoms with Crippen molar-refractivity contribution in [2.24, 2.45) is 11.8 Å². The fourth-order valence-corrected chi connectivity index (χ4v) is 5.45. The first-order valence-electron chi connectivity index (χ1n) is 12.3. The molecule has 3 unspecified atom stereocenters. The molecule has 0 heterocycles. The molecule has 1 amide bonds. The highest BCUT2D eigenvalue weighted by atomic mass is 16.1. The summed E-state index contributed by atoms with van der Waals surface area (Å²) < 4.78 is 0. The molecule has 0 saturated carbocycles. The second-order valence-corrected chi connectivity index (χ2v) is 9.98. The molecular weight excluding hydrogens is 390 g/mol. The first-order valence-corrected chi connectivity index (χ1v) is 12.3. The van der Waals surface area contributed by atoms with Crippen LogP contribution in [0.3, 0.4) is 0 Å². The first-order chi connectivity index (χ1) is 15.4. The van der Waals surface area contributed by atoms with E-state index in [1.165, 1.54) is 34.2 Å². The Kier molecular flexibility index (Phi) is 6.42. The molecule has 3 aliphatic rings. The molecule has 1 N–H and O–H groups in total. The second-order valence-electron chi connectivity index (χ2n) is 9.98.